The number of nitrogens with zero attached hydrogens (tertiary/aromatic N) is 1. The highest BCUT2D eigenvalue weighted by Gasteiger charge is 2.53. The third kappa shape index (κ3) is 5.35. The molecule has 2 N–H and O–H groups in total. The van der Waals surface area contributed by atoms with Crippen LogP contribution in [0.4, 0.5) is 21.0 Å². The fourth-order valence-corrected chi connectivity index (χ4v) is 4.08. The second-order valence-corrected chi connectivity index (χ2v) is 8.98. The molecule has 7 heteroatoms. The Hall–Kier alpha value is -3.06. The number of anilines is 2. The van der Waals surface area contributed by atoms with Gasteiger partial charge in [-0.05, 0) is 59.0 Å². The van der Waals surface area contributed by atoms with E-state index in [1.807, 2.05) is 57.3 Å². The summed E-state index contributed by atoms with van der Waals surface area (Å²) in [7, 11) is 1.99. The number of hydrogen-bond acceptors (Lipinski definition) is 5. The van der Waals surface area contributed by atoms with Crippen LogP contribution in [0.15, 0.2) is 60.7 Å². The van der Waals surface area contributed by atoms with Crippen molar-refractivity contribution >= 4 is 23.6 Å². The maximum Gasteiger partial charge on any atom is 0.412 e. The standard InChI is InChI=1S/C24H31N3O4/c1-23(2)16-19(30-21(28)25-17-12-8-6-9-13-17)20(24(3,4)27(23)5)31-22(29)26-18-14-10-7-11-15-18/h6-15,19-20H,16H2,1-5H3,(H,25,28)(H,26,29). The molecule has 2 unspecified atom stereocenters. The lowest BCUT2D eigenvalue weighted by Crippen LogP contribution is -2.69. The Morgan fingerprint density at radius 3 is 1.77 bits per heavy atom. The average molecular weight is 426 g/mol. The Labute approximate surface area is 183 Å². The summed E-state index contributed by atoms with van der Waals surface area (Å²) in [6.45, 7) is 8.14. The minimum Gasteiger partial charge on any atom is -0.442 e. The molecular weight excluding hydrogens is 394 g/mol. The first-order valence-electron chi connectivity index (χ1n) is 10.4. The highest BCUT2D eigenvalue weighted by atomic mass is 16.6. The van der Waals surface area contributed by atoms with Gasteiger partial charge >= 0.3 is 12.2 Å². The second-order valence-electron chi connectivity index (χ2n) is 8.98. The van der Waals surface area contributed by atoms with E-state index in [-0.39, 0.29) is 5.54 Å². The number of rotatable bonds is 4. The molecule has 1 heterocycles. The number of hydrogen-bond donors (Lipinski definition) is 2. The smallest absolute Gasteiger partial charge is 0.412 e. The summed E-state index contributed by atoms with van der Waals surface area (Å²) in [5.74, 6) is 0. The van der Waals surface area contributed by atoms with Crippen molar-refractivity contribution < 1.29 is 19.1 Å². The maximum atomic E-state index is 12.7. The molecule has 0 aliphatic carbocycles. The highest BCUT2D eigenvalue weighted by molar-refractivity contribution is 5.85. The summed E-state index contributed by atoms with van der Waals surface area (Å²) in [6.07, 6.45) is -1.95. The van der Waals surface area contributed by atoms with E-state index in [4.69, 9.17) is 9.47 Å². The maximum absolute atomic E-state index is 12.7. The molecular formula is C24H31N3O4. The van der Waals surface area contributed by atoms with E-state index in [0.717, 1.165) is 0 Å². The summed E-state index contributed by atoms with van der Waals surface area (Å²) >= 11 is 0. The lowest BCUT2D eigenvalue weighted by atomic mass is 9.76. The van der Waals surface area contributed by atoms with E-state index >= 15 is 0 Å². The minimum atomic E-state index is -0.671. The van der Waals surface area contributed by atoms with Crippen molar-refractivity contribution in [2.45, 2.75) is 57.4 Å². The molecule has 1 aliphatic rings. The van der Waals surface area contributed by atoms with Gasteiger partial charge in [0, 0.05) is 23.3 Å². The van der Waals surface area contributed by atoms with Crippen LogP contribution in [0, 0.1) is 0 Å². The van der Waals surface area contributed by atoms with Crippen molar-refractivity contribution in [3.8, 4) is 0 Å². The van der Waals surface area contributed by atoms with Gasteiger partial charge < -0.3 is 9.47 Å². The predicted octanol–water partition coefficient (Wildman–Crippen LogP) is 5.11. The van der Waals surface area contributed by atoms with Crippen LogP contribution >= 0.6 is 0 Å². The monoisotopic (exact) mass is 425 g/mol. The van der Waals surface area contributed by atoms with Crippen LogP contribution in [0.25, 0.3) is 0 Å². The molecule has 166 valence electrons. The van der Waals surface area contributed by atoms with Gasteiger partial charge in [-0.15, -0.1) is 0 Å². The van der Waals surface area contributed by atoms with E-state index in [9.17, 15) is 9.59 Å². The van der Waals surface area contributed by atoms with Crippen LogP contribution in [0.2, 0.25) is 0 Å². The molecule has 3 rings (SSSR count). The van der Waals surface area contributed by atoms with Gasteiger partial charge in [-0.2, -0.15) is 0 Å². The molecule has 31 heavy (non-hydrogen) atoms. The van der Waals surface area contributed by atoms with Gasteiger partial charge in [0.15, 0.2) is 6.10 Å². The fourth-order valence-electron chi connectivity index (χ4n) is 4.08. The normalized spacial score (nSPS) is 22.2. The Balaban J connectivity index is 1.77. The van der Waals surface area contributed by atoms with Crippen LogP contribution in [0.5, 0.6) is 0 Å². The van der Waals surface area contributed by atoms with Gasteiger partial charge in [-0.3, -0.25) is 15.5 Å². The van der Waals surface area contributed by atoms with E-state index in [0.29, 0.717) is 17.8 Å². The Morgan fingerprint density at radius 1 is 0.839 bits per heavy atom. The molecule has 1 aliphatic heterocycles. The van der Waals surface area contributed by atoms with Gasteiger partial charge in [0.1, 0.15) is 6.10 Å². The number of ether oxygens (including phenoxy) is 2. The van der Waals surface area contributed by atoms with Crippen molar-refractivity contribution in [2.75, 3.05) is 17.7 Å². The molecule has 2 aromatic carbocycles. The first-order chi connectivity index (χ1) is 14.6. The van der Waals surface area contributed by atoms with Crippen LogP contribution in [0.1, 0.15) is 34.1 Å². The third-order valence-electron chi connectivity index (χ3n) is 6.04. The summed E-state index contributed by atoms with van der Waals surface area (Å²) in [5.41, 5.74) is 0.428. The average Bonchev–Trinajstić information content (AvgIpc) is 2.71. The molecule has 2 amide bonds. The molecule has 0 spiro atoms. The number of carbonyl (C=O) groups is 2. The number of benzene rings is 2. The van der Waals surface area contributed by atoms with E-state index in [1.54, 1.807) is 24.3 Å². The highest BCUT2D eigenvalue weighted by Crippen LogP contribution is 2.40. The molecule has 2 aromatic rings. The zero-order valence-corrected chi connectivity index (χ0v) is 18.7. The first-order valence-corrected chi connectivity index (χ1v) is 10.4. The van der Waals surface area contributed by atoms with Gasteiger partial charge in [0.25, 0.3) is 0 Å². The van der Waals surface area contributed by atoms with Crippen molar-refractivity contribution in [1.29, 1.82) is 0 Å². The summed E-state index contributed by atoms with van der Waals surface area (Å²) in [5, 5.41) is 5.48. The van der Waals surface area contributed by atoms with Crippen LogP contribution in [-0.4, -0.2) is 47.4 Å². The molecule has 0 aromatic heterocycles. The van der Waals surface area contributed by atoms with Crippen molar-refractivity contribution in [3.63, 3.8) is 0 Å². The van der Waals surface area contributed by atoms with Gasteiger partial charge in [0.2, 0.25) is 0 Å². The molecule has 1 saturated heterocycles. The fraction of sp³-hybridized carbons (Fsp3) is 0.417. The number of amides is 2. The van der Waals surface area contributed by atoms with Crippen molar-refractivity contribution in [3.05, 3.63) is 60.7 Å². The number of piperidine rings is 1. The van der Waals surface area contributed by atoms with E-state index in [2.05, 4.69) is 29.4 Å². The Bertz CT molecular complexity index is 900. The molecule has 0 saturated carbocycles. The van der Waals surface area contributed by atoms with Crippen LogP contribution in [0.3, 0.4) is 0 Å². The van der Waals surface area contributed by atoms with E-state index in [1.165, 1.54) is 0 Å². The lowest BCUT2D eigenvalue weighted by Gasteiger charge is -2.56. The van der Waals surface area contributed by atoms with Gasteiger partial charge in [-0.1, -0.05) is 36.4 Å². The van der Waals surface area contributed by atoms with Crippen LogP contribution in [-0.2, 0) is 9.47 Å². The second kappa shape index (κ2) is 8.98. The summed E-state index contributed by atoms with van der Waals surface area (Å²) < 4.78 is 11.6. The Morgan fingerprint density at radius 2 is 1.29 bits per heavy atom. The largest absolute Gasteiger partial charge is 0.442 e. The van der Waals surface area contributed by atoms with Crippen molar-refractivity contribution in [1.82, 2.24) is 4.90 Å². The zero-order chi connectivity index (χ0) is 22.6. The predicted molar refractivity (Wildman–Crippen MR) is 121 cm³/mol. The molecule has 2 atom stereocenters. The lowest BCUT2D eigenvalue weighted by molar-refractivity contribution is -0.150. The number of likely N-dealkylation sites (N-methyl/N-ethyl adjacent to an activating group) is 1. The number of nitrogens with one attached hydrogen (secondary N) is 2. The minimum absolute atomic E-state index is 0.267. The number of carbonyl (C=O) groups excluding carboxylic acids is 2. The van der Waals surface area contributed by atoms with Crippen molar-refractivity contribution in [2.24, 2.45) is 0 Å². The van der Waals surface area contributed by atoms with Crippen LogP contribution < -0.4 is 10.6 Å². The van der Waals surface area contributed by atoms with Gasteiger partial charge in [-0.25, -0.2) is 9.59 Å². The quantitative estimate of drug-likeness (QED) is 0.711. The molecule has 1 fully saturated rings. The number of para-hydroxylation sites is 2. The summed E-state index contributed by atoms with van der Waals surface area (Å²) in [4.78, 5) is 27.4. The topological polar surface area (TPSA) is 79.9 Å². The first kappa shape index (κ1) is 22.6. The summed E-state index contributed by atoms with van der Waals surface area (Å²) in [6, 6.07) is 18.2. The third-order valence-corrected chi connectivity index (χ3v) is 6.04. The SMILES string of the molecule is CN1C(C)(C)CC(OC(=O)Nc2ccccc2)C(OC(=O)Nc2ccccc2)C1(C)C. The molecule has 0 radical (unpaired) electrons. The van der Waals surface area contributed by atoms with Gasteiger partial charge in [0.05, 0.1) is 5.54 Å². The molecule has 7 nitrogen and oxygen atoms in total. The van der Waals surface area contributed by atoms with E-state index < -0.39 is 29.9 Å². The molecule has 0 bridgehead atoms. The zero-order valence-electron chi connectivity index (χ0n) is 18.7. The number of likely N-dealkylation sites (tertiary alicyclic amines) is 1. The Kier molecular flexibility index (Phi) is 6.55.